The lowest BCUT2D eigenvalue weighted by Gasteiger charge is -2.07. The summed E-state index contributed by atoms with van der Waals surface area (Å²) in [6, 6.07) is 14.4. The number of nitrogens with zero attached hydrogens (tertiary/aromatic N) is 1. The Morgan fingerprint density at radius 3 is 2.38 bits per heavy atom. The maximum Gasteiger partial charge on any atom is 0.221 e. The van der Waals surface area contributed by atoms with Gasteiger partial charge in [-0.15, -0.1) is 11.3 Å². The van der Waals surface area contributed by atoms with Crippen LogP contribution in [0.5, 0.6) is 5.75 Å². The predicted octanol–water partition coefficient (Wildman–Crippen LogP) is 5.71. The number of anilines is 1. The third kappa shape index (κ3) is 5.75. The third-order valence-electron chi connectivity index (χ3n) is 4.73. The molecule has 0 aliphatic heterocycles. The molecule has 0 spiro atoms. The summed E-state index contributed by atoms with van der Waals surface area (Å²) in [6.45, 7) is 4.09. The lowest BCUT2D eigenvalue weighted by molar-refractivity contribution is -0.114. The SMILES string of the molecule is COc1ccc(COCc2sc(N=C=S)c(C(=O)c3ccc(NC(C)=O)cc3)c2C)cc1. The Labute approximate surface area is 195 Å². The number of hydrogen-bond donors (Lipinski definition) is 1. The van der Waals surface area contributed by atoms with Crippen molar-refractivity contribution in [2.45, 2.75) is 27.1 Å². The molecule has 0 atom stereocenters. The van der Waals surface area contributed by atoms with Crippen LogP contribution in [0.2, 0.25) is 0 Å². The molecule has 0 fully saturated rings. The molecule has 1 heterocycles. The van der Waals surface area contributed by atoms with Crippen LogP contribution in [0.4, 0.5) is 10.7 Å². The van der Waals surface area contributed by atoms with Gasteiger partial charge in [-0.2, -0.15) is 4.99 Å². The number of ether oxygens (including phenoxy) is 2. The molecule has 32 heavy (non-hydrogen) atoms. The van der Waals surface area contributed by atoms with Crippen molar-refractivity contribution >= 4 is 51.1 Å². The van der Waals surface area contributed by atoms with E-state index >= 15 is 0 Å². The number of benzene rings is 2. The van der Waals surface area contributed by atoms with Crippen molar-refractivity contribution in [1.82, 2.24) is 0 Å². The van der Waals surface area contributed by atoms with Gasteiger partial charge in [0.2, 0.25) is 5.91 Å². The van der Waals surface area contributed by atoms with Gasteiger partial charge in [0.25, 0.3) is 0 Å². The van der Waals surface area contributed by atoms with E-state index in [1.54, 1.807) is 31.4 Å². The number of rotatable bonds is 9. The second-order valence-corrected chi connectivity index (χ2v) is 8.23. The highest BCUT2D eigenvalue weighted by atomic mass is 32.1. The first-order valence-electron chi connectivity index (χ1n) is 9.76. The average molecular weight is 467 g/mol. The fourth-order valence-corrected chi connectivity index (χ4v) is 4.32. The summed E-state index contributed by atoms with van der Waals surface area (Å²) in [5.74, 6) is 0.451. The Morgan fingerprint density at radius 2 is 1.78 bits per heavy atom. The molecule has 0 saturated heterocycles. The minimum atomic E-state index is -0.172. The second kappa shape index (κ2) is 10.9. The number of ketones is 1. The quantitative estimate of drug-likeness (QED) is 0.248. The molecule has 1 amide bonds. The molecule has 2 aromatic carbocycles. The lowest BCUT2D eigenvalue weighted by atomic mass is 10.0. The number of nitrogens with one attached hydrogen (secondary N) is 1. The summed E-state index contributed by atoms with van der Waals surface area (Å²) in [5, 5.41) is 5.56. The number of carbonyl (C=O) groups is 2. The van der Waals surface area contributed by atoms with Gasteiger partial charge in [0.05, 0.1) is 31.0 Å². The molecule has 0 saturated carbocycles. The number of amides is 1. The molecule has 0 aliphatic carbocycles. The summed E-state index contributed by atoms with van der Waals surface area (Å²) >= 11 is 6.14. The minimum Gasteiger partial charge on any atom is -0.497 e. The highest BCUT2D eigenvalue weighted by Crippen LogP contribution is 2.37. The molecule has 0 aliphatic rings. The van der Waals surface area contributed by atoms with Gasteiger partial charge in [-0.1, -0.05) is 12.1 Å². The average Bonchev–Trinajstić information content (AvgIpc) is 3.09. The zero-order valence-corrected chi connectivity index (χ0v) is 19.6. The first kappa shape index (κ1) is 23.5. The topological polar surface area (TPSA) is 77.0 Å². The van der Waals surface area contributed by atoms with Crippen LogP contribution in [-0.2, 0) is 22.7 Å². The van der Waals surface area contributed by atoms with E-state index in [9.17, 15) is 9.59 Å². The monoisotopic (exact) mass is 466 g/mol. The molecular weight excluding hydrogens is 444 g/mol. The van der Waals surface area contributed by atoms with Crippen LogP contribution in [0.3, 0.4) is 0 Å². The molecule has 6 nitrogen and oxygen atoms in total. The summed E-state index contributed by atoms with van der Waals surface area (Å²) in [7, 11) is 1.63. The van der Waals surface area contributed by atoms with Gasteiger partial charge in [-0.05, 0) is 66.7 Å². The van der Waals surface area contributed by atoms with E-state index in [0.717, 1.165) is 21.8 Å². The van der Waals surface area contributed by atoms with Gasteiger partial charge in [-0.3, -0.25) is 9.59 Å². The van der Waals surface area contributed by atoms with Crippen LogP contribution in [0.25, 0.3) is 0 Å². The minimum absolute atomic E-state index is 0.168. The predicted molar refractivity (Wildman–Crippen MR) is 129 cm³/mol. The number of hydrogen-bond acceptors (Lipinski definition) is 7. The van der Waals surface area contributed by atoms with E-state index in [2.05, 4.69) is 15.5 Å². The van der Waals surface area contributed by atoms with Crippen molar-refractivity contribution in [3.8, 4) is 5.75 Å². The molecule has 0 unspecified atom stereocenters. The summed E-state index contributed by atoms with van der Waals surface area (Å²) in [5.41, 5.74) is 3.44. The van der Waals surface area contributed by atoms with E-state index in [1.165, 1.54) is 18.3 Å². The number of thiophene rings is 1. The zero-order valence-electron chi connectivity index (χ0n) is 17.9. The molecule has 1 N–H and O–H groups in total. The fraction of sp³-hybridized carbons (Fsp3) is 0.208. The van der Waals surface area contributed by atoms with Crippen molar-refractivity contribution in [3.63, 3.8) is 0 Å². The highest BCUT2D eigenvalue weighted by molar-refractivity contribution is 7.78. The number of isothiocyanates is 1. The molecule has 1 aromatic heterocycles. The number of aliphatic imine (C=N–C) groups is 1. The fourth-order valence-electron chi connectivity index (χ4n) is 3.11. The molecule has 8 heteroatoms. The highest BCUT2D eigenvalue weighted by Gasteiger charge is 2.22. The summed E-state index contributed by atoms with van der Waals surface area (Å²) in [4.78, 5) is 29.4. The standard InChI is InChI=1S/C24H22N2O4S2/c1-15-21(13-30-12-17-4-10-20(29-3)11-5-17)32-24(25-14-31)22(15)23(28)18-6-8-19(9-7-18)26-16(2)27/h4-11H,12-13H2,1-3H3,(H,26,27). The number of carbonyl (C=O) groups excluding carboxylic acids is 2. The van der Waals surface area contributed by atoms with E-state index < -0.39 is 0 Å². The van der Waals surface area contributed by atoms with E-state index in [0.29, 0.717) is 35.0 Å². The van der Waals surface area contributed by atoms with Gasteiger partial charge in [0.1, 0.15) is 10.8 Å². The lowest BCUT2D eigenvalue weighted by Crippen LogP contribution is -2.07. The maximum absolute atomic E-state index is 13.2. The van der Waals surface area contributed by atoms with Crippen LogP contribution < -0.4 is 10.1 Å². The maximum atomic E-state index is 13.2. The molecule has 0 radical (unpaired) electrons. The van der Waals surface area contributed by atoms with Crippen LogP contribution in [-0.4, -0.2) is 24.0 Å². The van der Waals surface area contributed by atoms with Crippen LogP contribution in [0.15, 0.2) is 53.5 Å². The van der Waals surface area contributed by atoms with Gasteiger partial charge in [0, 0.05) is 23.1 Å². The van der Waals surface area contributed by atoms with Gasteiger partial charge in [-0.25, -0.2) is 0 Å². The third-order valence-corrected chi connectivity index (χ3v) is 5.98. The van der Waals surface area contributed by atoms with Crippen molar-refractivity contribution in [2.75, 3.05) is 12.4 Å². The number of methoxy groups -OCH3 is 1. The second-order valence-electron chi connectivity index (χ2n) is 6.96. The summed E-state index contributed by atoms with van der Waals surface area (Å²) < 4.78 is 11.0. The van der Waals surface area contributed by atoms with Crippen molar-refractivity contribution in [1.29, 1.82) is 0 Å². The Balaban J connectivity index is 1.77. The van der Waals surface area contributed by atoms with Crippen LogP contribution in [0, 0.1) is 6.92 Å². The van der Waals surface area contributed by atoms with Crippen molar-refractivity contribution in [2.24, 2.45) is 4.99 Å². The Bertz CT molecular complexity index is 1160. The van der Waals surface area contributed by atoms with E-state index in [1.807, 2.05) is 31.2 Å². The van der Waals surface area contributed by atoms with Gasteiger partial charge in [0.15, 0.2) is 5.78 Å². The van der Waals surface area contributed by atoms with Crippen molar-refractivity contribution < 1.29 is 19.1 Å². The summed E-state index contributed by atoms with van der Waals surface area (Å²) in [6.07, 6.45) is 0. The Morgan fingerprint density at radius 1 is 1.09 bits per heavy atom. The Kier molecular flexibility index (Phi) is 8.03. The normalized spacial score (nSPS) is 10.3. The van der Waals surface area contributed by atoms with Gasteiger partial charge < -0.3 is 14.8 Å². The Hall–Kier alpha value is -3.16. The van der Waals surface area contributed by atoms with Crippen LogP contribution in [0.1, 0.15) is 38.8 Å². The number of thiocarbonyl (C=S) groups is 1. The van der Waals surface area contributed by atoms with E-state index in [-0.39, 0.29) is 11.7 Å². The largest absolute Gasteiger partial charge is 0.497 e. The van der Waals surface area contributed by atoms with Gasteiger partial charge >= 0.3 is 0 Å². The smallest absolute Gasteiger partial charge is 0.221 e. The molecular formula is C24H22N2O4S2. The first-order valence-corrected chi connectivity index (χ1v) is 11.0. The van der Waals surface area contributed by atoms with Crippen LogP contribution >= 0.6 is 23.6 Å². The molecule has 3 rings (SSSR count). The molecule has 164 valence electrons. The van der Waals surface area contributed by atoms with E-state index in [4.69, 9.17) is 21.7 Å². The van der Waals surface area contributed by atoms with Crippen molar-refractivity contribution in [3.05, 3.63) is 75.7 Å². The zero-order chi connectivity index (χ0) is 23.1. The first-order chi connectivity index (χ1) is 15.4. The molecule has 3 aromatic rings. The molecule has 0 bridgehead atoms.